The third-order valence-electron chi connectivity index (χ3n) is 9.00. The fourth-order valence-electron chi connectivity index (χ4n) is 6.20. The zero-order valence-corrected chi connectivity index (χ0v) is 28.9. The smallest absolute Gasteiger partial charge is 0.410 e. The summed E-state index contributed by atoms with van der Waals surface area (Å²) < 4.78 is 140. The van der Waals surface area contributed by atoms with E-state index in [4.69, 9.17) is 23.2 Å². The summed E-state index contributed by atoms with van der Waals surface area (Å²) in [6.45, 7) is 3.12. The highest BCUT2D eigenvalue weighted by atomic mass is 32.2. The Kier molecular flexibility index (Phi) is 7.09. The first-order valence-electron chi connectivity index (χ1n) is 21.4. The Morgan fingerprint density at radius 2 is 1.88 bits per heavy atom. The minimum atomic E-state index is -4.27. The monoisotopic (exact) mass is 741 g/mol. The quantitative estimate of drug-likeness (QED) is 0.382. The highest BCUT2D eigenvalue weighted by molar-refractivity contribution is 7.91. The first-order valence-corrected chi connectivity index (χ1v) is 17.9. The highest BCUT2D eigenvalue weighted by Gasteiger charge is 2.62. The average Bonchev–Trinajstić information content (AvgIpc) is 4.02. The number of carbonyl (C=O) groups is 5. The highest BCUT2D eigenvalue weighted by Crippen LogP contribution is 2.46. The third-order valence-corrected chi connectivity index (χ3v) is 10.8. The molecular weight excluding hydrogens is 685 g/mol. The largest absolute Gasteiger partial charge is 0.444 e. The lowest BCUT2D eigenvalue weighted by Crippen LogP contribution is -2.58. The average molecular weight is 742 g/mol. The predicted octanol–water partition coefficient (Wildman–Crippen LogP) is 3.14. The van der Waals surface area contributed by atoms with Crippen LogP contribution in [0.15, 0.2) is 30.4 Å². The van der Waals surface area contributed by atoms with Gasteiger partial charge in [-0.1, -0.05) is 37.0 Å². The number of hydrogen-bond donors (Lipinski definition) is 3. The number of carbonyl (C=O) groups excluding carboxylic acids is 5. The summed E-state index contributed by atoms with van der Waals surface area (Å²) in [6.07, 6.45) is -23.1. The summed E-state index contributed by atoms with van der Waals surface area (Å²) >= 11 is 0. The van der Waals surface area contributed by atoms with E-state index in [-0.39, 0.29) is 31.5 Å². The van der Waals surface area contributed by atoms with Crippen LogP contribution in [0.1, 0.15) is 103 Å². The Hall–Kier alpha value is -4.21. The van der Waals surface area contributed by atoms with E-state index < -0.39 is 137 Å². The van der Waals surface area contributed by atoms with E-state index in [0.29, 0.717) is 16.5 Å². The van der Waals surface area contributed by atoms with Gasteiger partial charge >= 0.3 is 12.2 Å². The molecule has 5 atom stereocenters. The summed E-state index contributed by atoms with van der Waals surface area (Å²) in [5.41, 5.74) is -2.80. The summed E-state index contributed by atoms with van der Waals surface area (Å²) in [5.74, 6) is -5.98. The number of amides is 5. The molecule has 0 unspecified atom stereocenters. The minimum Gasteiger partial charge on any atom is -0.444 e. The van der Waals surface area contributed by atoms with E-state index in [1.54, 1.807) is 6.07 Å². The third kappa shape index (κ3) is 8.31. The molecule has 0 radical (unpaired) electrons. The van der Waals surface area contributed by atoms with Gasteiger partial charge in [0.2, 0.25) is 21.8 Å². The molecule has 0 spiro atoms. The molecule has 3 aliphatic heterocycles. The number of benzene rings is 1. The Morgan fingerprint density at radius 3 is 2.59 bits per heavy atom. The molecule has 5 amide bonds. The van der Waals surface area contributed by atoms with Gasteiger partial charge in [0.05, 0.1) is 18.3 Å². The van der Waals surface area contributed by atoms with Crippen molar-refractivity contribution >= 4 is 39.9 Å². The molecule has 6 rings (SSSR count). The SMILES string of the molecule is [2H]C1([2H])/C=C\[C@@H]2C[C@@]2(C(=O)NS(=O)(=O)C2CC2)NC(=O)[C@@H]2C[C@@H](OC(=O)N3Cc4cccc(F)c4C3)CN2C(=O)[C@@H](NC(=O)OC(C)(C)C)C([2H])([2H])C([2H])([2H])C([2H])([2H])C1([2H])[2H]. The lowest BCUT2D eigenvalue weighted by Gasteiger charge is -2.30. The Morgan fingerprint density at radius 1 is 1.12 bits per heavy atom. The van der Waals surface area contributed by atoms with Gasteiger partial charge in [-0.25, -0.2) is 22.4 Å². The van der Waals surface area contributed by atoms with Crippen molar-refractivity contribution < 1.29 is 60.0 Å². The molecule has 1 aromatic rings. The fourth-order valence-corrected chi connectivity index (χ4v) is 7.57. The van der Waals surface area contributed by atoms with E-state index in [0.717, 1.165) is 11.0 Å². The van der Waals surface area contributed by atoms with Crippen molar-refractivity contribution in [1.82, 2.24) is 25.2 Å². The van der Waals surface area contributed by atoms with Crippen LogP contribution in [-0.4, -0.2) is 89.2 Å². The lowest BCUT2D eigenvalue weighted by molar-refractivity contribution is -0.141. The van der Waals surface area contributed by atoms with Crippen LogP contribution in [0.5, 0.6) is 0 Å². The van der Waals surface area contributed by atoms with Gasteiger partial charge < -0.3 is 25.0 Å². The fraction of sp³-hybridized carbons (Fsp3) is 0.629. The molecular formula is C35H46FN5O9S. The van der Waals surface area contributed by atoms with E-state index in [2.05, 4.69) is 5.32 Å². The number of nitrogens with one attached hydrogen (secondary N) is 3. The van der Waals surface area contributed by atoms with Crippen LogP contribution in [-0.2, 0) is 47.0 Å². The van der Waals surface area contributed by atoms with E-state index in [1.165, 1.54) is 32.9 Å². The molecule has 1 aromatic carbocycles. The zero-order chi connectivity index (χ0) is 45.7. The van der Waals surface area contributed by atoms with E-state index in [9.17, 15) is 36.8 Å². The van der Waals surface area contributed by atoms with Crippen molar-refractivity contribution in [3.63, 3.8) is 0 Å². The number of fused-ring (bicyclic) bond motifs is 3. The molecule has 278 valence electrons. The second-order valence-electron chi connectivity index (χ2n) is 14.0. The van der Waals surface area contributed by atoms with E-state index in [1.807, 2.05) is 10.0 Å². The molecule has 3 heterocycles. The zero-order valence-electron chi connectivity index (χ0n) is 38.1. The first kappa shape index (κ1) is 25.7. The summed E-state index contributed by atoms with van der Waals surface area (Å²) in [6, 6.07) is -0.478. The van der Waals surface area contributed by atoms with Crippen LogP contribution in [0.2, 0.25) is 0 Å². The van der Waals surface area contributed by atoms with Crippen LogP contribution in [0, 0.1) is 11.7 Å². The van der Waals surface area contributed by atoms with Crippen molar-refractivity contribution in [3.8, 4) is 0 Å². The van der Waals surface area contributed by atoms with Crippen molar-refractivity contribution in [1.29, 1.82) is 0 Å². The second-order valence-corrected chi connectivity index (χ2v) is 16.0. The molecule has 51 heavy (non-hydrogen) atoms. The van der Waals surface area contributed by atoms with Crippen LogP contribution in [0.4, 0.5) is 14.0 Å². The Bertz CT molecular complexity index is 2170. The molecule has 2 aliphatic carbocycles. The Labute approximate surface area is 310 Å². The molecule has 16 heteroatoms. The number of alkyl carbamates (subject to hydrolysis) is 1. The van der Waals surface area contributed by atoms with Gasteiger partial charge in [0.1, 0.15) is 35.1 Å². The Balaban J connectivity index is 1.44. The predicted molar refractivity (Wildman–Crippen MR) is 180 cm³/mol. The maximum atomic E-state index is 14.8. The summed E-state index contributed by atoms with van der Waals surface area (Å²) in [5, 5.41) is 3.40. The van der Waals surface area contributed by atoms with Crippen molar-refractivity contribution in [2.45, 2.75) is 126 Å². The number of nitrogens with zero attached hydrogens (tertiary/aromatic N) is 2. The number of sulfonamides is 1. The minimum absolute atomic E-state index is 0.0773. The number of rotatable bonds is 5. The van der Waals surface area contributed by atoms with Gasteiger partial charge in [0.25, 0.3) is 5.91 Å². The van der Waals surface area contributed by atoms with Gasteiger partial charge in [-0.3, -0.25) is 24.0 Å². The number of ether oxygens (including phenoxy) is 2. The number of hydrogen-bond acceptors (Lipinski definition) is 9. The molecule has 2 saturated carbocycles. The standard InChI is InChI=1S/C35H46FN5O9S/c1-34(2,3)50-32(45)37-27-13-8-6-4-5-7-11-22-17-35(22,31(44)39-51(47,48)24-14-15-24)38-29(42)28-16-23(19-41(28)30(27)43)49-33(46)40-18-21-10-9-12-26(36)25(21)20-40/h7,9-12,22-24,27-28H,4-6,8,13-20H2,1-3H3,(H,37,45)(H,38,42)(H,39,44)/b11-7-/t22-,23-,27+,28+,35-/m1/s1/i4D2,5D2,6D2,8D2,13D2. The molecule has 5 aliphatic rings. The van der Waals surface area contributed by atoms with Crippen LogP contribution in [0.25, 0.3) is 0 Å². The molecule has 0 aromatic heterocycles. The molecule has 0 bridgehead atoms. The topological polar surface area (TPSA) is 181 Å². The second kappa shape index (κ2) is 14.1. The lowest BCUT2D eigenvalue weighted by atomic mass is 10.0. The summed E-state index contributed by atoms with van der Waals surface area (Å²) in [4.78, 5) is 71.5. The van der Waals surface area contributed by atoms with Gasteiger partial charge in [0, 0.05) is 38.2 Å². The van der Waals surface area contributed by atoms with E-state index >= 15 is 0 Å². The molecule has 3 fully saturated rings. The number of halogens is 1. The molecule has 3 N–H and O–H groups in total. The first-order chi connectivity index (χ1) is 27.8. The van der Waals surface area contributed by atoms with Gasteiger partial charge in [-0.2, -0.15) is 0 Å². The van der Waals surface area contributed by atoms with Gasteiger partial charge in [-0.15, -0.1) is 0 Å². The normalized spacial score (nSPS) is 36.8. The van der Waals surface area contributed by atoms with Gasteiger partial charge in [0.15, 0.2) is 0 Å². The van der Waals surface area contributed by atoms with Crippen LogP contribution < -0.4 is 15.4 Å². The van der Waals surface area contributed by atoms with Gasteiger partial charge in [-0.05, 0) is 70.8 Å². The maximum absolute atomic E-state index is 14.8. The van der Waals surface area contributed by atoms with Crippen LogP contribution in [0.3, 0.4) is 0 Å². The van der Waals surface area contributed by atoms with Crippen molar-refractivity contribution in [2.75, 3.05) is 6.54 Å². The maximum Gasteiger partial charge on any atom is 0.410 e. The van der Waals surface area contributed by atoms with Crippen molar-refractivity contribution in [3.05, 3.63) is 47.3 Å². The number of allylic oxidation sites excluding steroid dienone is 1. The molecule has 1 saturated heterocycles. The van der Waals surface area contributed by atoms with Crippen LogP contribution >= 0.6 is 0 Å². The molecule has 14 nitrogen and oxygen atoms in total. The summed E-state index contributed by atoms with van der Waals surface area (Å²) in [7, 11) is -4.27. The van der Waals surface area contributed by atoms with Crippen molar-refractivity contribution in [2.24, 2.45) is 5.92 Å².